The Morgan fingerprint density at radius 1 is 0.973 bits per heavy atom. The second-order valence-electron chi connectivity index (χ2n) is 9.27. The van der Waals surface area contributed by atoms with Crippen molar-refractivity contribution in [1.29, 1.82) is 0 Å². The van der Waals surface area contributed by atoms with Crippen molar-refractivity contribution in [3.63, 3.8) is 0 Å². The Hall–Kier alpha value is -4.11. The first-order valence-electron chi connectivity index (χ1n) is 12.0. The fourth-order valence-corrected chi connectivity index (χ4v) is 6.29. The number of fused-ring (bicyclic) bond motifs is 1. The molecule has 8 nitrogen and oxygen atoms in total. The number of benzene rings is 3. The van der Waals surface area contributed by atoms with E-state index in [1.165, 1.54) is 23.9 Å². The van der Waals surface area contributed by atoms with Gasteiger partial charge in [-0.15, -0.1) is 0 Å². The zero-order chi connectivity index (χ0) is 26.5. The molecule has 4 aromatic rings. The zero-order valence-corrected chi connectivity index (χ0v) is 21.9. The summed E-state index contributed by atoms with van der Waals surface area (Å²) in [6.07, 6.45) is 0.740. The Bertz CT molecular complexity index is 1670. The van der Waals surface area contributed by atoms with E-state index in [-0.39, 0.29) is 28.1 Å². The average molecular weight is 517 g/mol. The van der Waals surface area contributed by atoms with E-state index < -0.39 is 15.6 Å². The number of sulfonamides is 1. The lowest BCUT2D eigenvalue weighted by atomic mass is 10.1. The number of carbonyl (C=O) groups is 1. The summed E-state index contributed by atoms with van der Waals surface area (Å²) < 4.78 is 31.5. The largest absolute Gasteiger partial charge is 0.305 e. The maximum absolute atomic E-state index is 13.7. The highest BCUT2D eigenvalue weighted by molar-refractivity contribution is 7.92. The predicted molar refractivity (Wildman–Crippen MR) is 144 cm³/mol. The Morgan fingerprint density at radius 2 is 1.65 bits per heavy atom. The molecule has 0 N–H and O–H groups in total. The highest BCUT2D eigenvalue weighted by Gasteiger charge is 2.33. The molecule has 0 spiro atoms. The van der Waals surface area contributed by atoms with Crippen molar-refractivity contribution in [1.82, 2.24) is 9.36 Å². The molecule has 1 atom stereocenters. The lowest BCUT2D eigenvalue weighted by Gasteiger charge is -2.23. The summed E-state index contributed by atoms with van der Waals surface area (Å²) in [4.78, 5) is 28.6. The van der Waals surface area contributed by atoms with E-state index in [1.54, 1.807) is 47.8 Å². The molecule has 0 aliphatic carbocycles. The highest BCUT2D eigenvalue weighted by atomic mass is 32.2. The van der Waals surface area contributed by atoms with Gasteiger partial charge in [-0.05, 0) is 62.2 Å². The Morgan fingerprint density at radius 3 is 2.38 bits per heavy atom. The molecule has 1 unspecified atom stereocenters. The summed E-state index contributed by atoms with van der Waals surface area (Å²) in [5.41, 5.74) is 2.91. The minimum absolute atomic E-state index is 0.0451. The minimum Gasteiger partial charge on any atom is -0.305 e. The lowest BCUT2D eigenvalue weighted by molar-refractivity contribution is 0.0981. The number of anilines is 2. The van der Waals surface area contributed by atoms with Gasteiger partial charge in [0.15, 0.2) is 0 Å². The maximum atomic E-state index is 13.7. The van der Waals surface area contributed by atoms with Crippen LogP contribution in [0.4, 0.5) is 11.4 Å². The number of hydrogen-bond acceptors (Lipinski definition) is 4. The van der Waals surface area contributed by atoms with Crippen LogP contribution in [0.2, 0.25) is 0 Å². The van der Waals surface area contributed by atoms with E-state index in [4.69, 9.17) is 0 Å². The number of rotatable bonds is 5. The number of carbonyl (C=O) groups excluding carboxylic acids is 1. The van der Waals surface area contributed by atoms with Gasteiger partial charge >= 0.3 is 0 Å². The van der Waals surface area contributed by atoms with E-state index in [0.29, 0.717) is 11.4 Å². The summed E-state index contributed by atoms with van der Waals surface area (Å²) in [6, 6.07) is 22.7. The molecule has 1 aliphatic rings. The number of nitrogens with zero attached hydrogens (tertiary/aromatic N) is 4. The van der Waals surface area contributed by atoms with Crippen LogP contribution >= 0.6 is 0 Å². The molecular formula is C28H28N4O4S. The molecule has 37 heavy (non-hydrogen) atoms. The topological polar surface area (TPSA) is 84.6 Å². The highest BCUT2D eigenvalue weighted by Crippen LogP contribution is 2.33. The fourth-order valence-electron chi connectivity index (χ4n) is 5.00. The van der Waals surface area contributed by atoms with Crippen molar-refractivity contribution in [2.45, 2.75) is 31.2 Å². The first-order chi connectivity index (χ1) is 17.6. The first-order valence-corrected chi connectivity index (χ1v) is 13.4. The summed E-state index contributed by atoms with van der Waals surface area (Å²) in [5, 5.41) is 0. The predicted octanol–water partition coefficient (Wildman–Crippen LogP) is 3.90. The van der Waals surface area contributed by atoms with Crippen LogP contribution in [0.3, 0.4) is 0 Å². The number of para-hydroxylation sites is 2. The molecule has 0 saturated heterocycles. The molecule has 2 heterocycles. The van der Waals surface area contributed by atoms with Gasteiger partial charge in [0.1, 0.15) is 5.69 Å². The van der Waals surface area contributed by atoms with Crippen LogP contribution in [0.15, 0.2) is 88.6 Å². The normalized spacial score (nSPS) is 15.0. The summed E-state index contributed by atoms with van der Waals surface area (Å²) in [5.74, 6) is -0.264. The summed E-state index contributed by atoms with van der Waals surface area (Å²) >= 11 is 0. The van der Waals surface area contributed by atoms with Gasteiger partial charge in [-0.3, -0.25) is 18.6 Å². The first kappa shape index (κ1) is 24.6. The third kappa shape index (κ3) is 3.95. The number of aromatic nitrogens is 2. The standard InChI is InChI=1S/C28H28N4O4S/c1-19-17-21-11-8-9-16-25(21)31(19)27(33)22-12-10-15-24(18-22)37(35,36)30(4)26-20(2)29(3)32(28(26)34)23-13-6-5-7-14-23/h5-16,18-19H,17H2,1-4H3. The van der Waals surface area contributed by atoms with Gasteiger partial charge in [0.2, 0.25) is 0 Å². The van der Waals surface area contributed by atoms with Crippen molar-refractivity contribution in [2.24, 2.45) is 7.05 Å². The molecule has 3 aromatic carbocycles. The Kier molecular flexibility index (Phi) is 6.03. The van der Waals surface area contributed by atoms with Crippen molar-refractivity contribution in [2.75, 3.05) is 16.3 Å². The van der Waals surface area contributed by atoms with E-state index in [9.17, 15) is 18.0 Å². The molecule has 9 heteroatoms. The molecule has 1 aliphatic heterocycles. The SMILES string of the molecule is Cc1c(N(C)S(=O)(=O)c2cccc(C(=O)N3c4ccccc4CC3C)c2)c(=O)n(-c2ccccc2)n1C. The van der Waals surface area contributed by atoms with E-state index in [0.717, 1.165) is 22.0 Å². The summed E-state index contributed by atoms with van der Waals surface area (Å²) in [6.45, 7) is 3.68. The molecule has 1 amide bonds. The van der Waals surface area contributed by atoms with Gasteiger partial charge in [-0.25, -0.2) is 13.1 Å². The average Bonchev–Trinajstić information content (AvgIpc) is 3.35. The number of amides is 1. The van der Waals surface area contributed by atoms with Crippen molar-refractivity contribution in [3.05, 3.63) is 106 Å². The Balaban J connectivity index is 1.52. The van der Waals surface area contributed by atoms with Crippen molar-refractivity contribution in [3.8, 4) is 5.69 Å². The van der Waals surface area contributed by atoms with Gasteiger partial charge in [0.25, 0.3) is 21.5 Å². The van der Waals surface area contributed by atoms with Crippen molar-refractivity contribution < 1.29 is 13.2 Å². The van der Waals surface area contributed by atoms with Crippen LogP contribution in [0, 0.1) is 6.92 Å². The van der Waals surface area contributed by atoms with Crippen LogP contribution in [-0.4, -0.2) is 36.8 Å². The fraction of sp³-hybridized carbons (Fsp3) is 0.214. The van der Waals surface area contributed by atoms with Crippen LogP contribution in [0.25, 0.3) is 5.69 Å². The molecule has 0 fully saturated rings. The molecule has 190 valence electrons. The minimum atomic E-state index is -4.14. The van der Waals surface area contributed by atoms with Crippen LogP contribution < -0.4 is 14.8 Å². The van der Waals surface area contributed by atoms with Crippen molar-refractivity contribution >= 4 is 27.3 Å². The second-order valence-corrected chi connectivity index (χ2v) is 11.2. The van der Waals surface area contributed by atoms with Gasteiger partial charge in [0.05, 0.1) is 16.3 Å². The third-order valence-electron chi connectivity index (χ3n) is 7.00. The maximum Gasteiger partial charge on any atom is 0.296 e. The van der Waals surface area contributed by atoms with Gasteiger partial charge in [0, 0.05) is 31.4 Å². The van der Waals surface area contributed by atoms with Crippen LogP contribution in [-0.2, 0) is 23.5 Å². The molecular weight excluding hydrogens is 488 g/mol. The number of hydrogen-bond donors (Lipinski definition) is 0. The molecule has 0 bridgehead atoms. The molecule has 1 aromatic heterocycles. The molecule has 0 radical (unpaired) electrons. The zero-order valence-electron chi connectivity index (χ0n) is 21.1. The van der Waals surface area contributed by atoms with E-state index in [1.807, 2.05) is 49.4 Å². The molecule has 0 saturated carbocycles. The monoisotopic (exact) mass is 516 g/mol. The summed E-state index contributed by atoms with van der Waals surface area (Å²) in [7, 11) is -1.07. The van der Waals surface area contributed by atoms with E-state index >= 15 is 0 Å². The van der Waals surface area contributed by atoms with Crippen LogP contribution in [0.5, 0.6) is 0 Å². The van der Waals surface area contributed by atoms with Gasteiger partial charge in [-0.2, -0.15) is 0 Å². The van der Waals surface area contributed by atoms with Gasteiger partial charge in [-0.1, -0.05) is 42.5 Å². The van der Waals surface area contributed by atoms with Crippen LogP contribution in [0.1, 0.15) is 28.5 Å². The lowest BCUT2D eigenvalue weighted by Crippen LogP contribution is -2.36. The smallest absolute Gasteiger partial charge is 0.296 e. The third-order valence-corrected chi connectivity index (χ3v) is 8.76. The second kappa shape index (κ2) is 9.08. The molecule has 5 rings (SSSR count). The Labute approximate surface area is 216 Å². The van der Waals surface area contributed by atoms with E-state index in [2.05, 4.69) is 0 Å². The van der Waals surface area contributed by atoms with Gasteiger partial charge < -0.3 is 4.90 Å². The quantitative estimate of drug-likeness (QED) is 0.403.